The molecule has 0 aromatic carbocycles. The summed E-state index contributed by atoms with van der Waals surface area (Å²) in [5.74, 6) is -0.0220. The highest BCUT2D eigenvalue weighted by Gasteiger charge is 2.27. The second-order valence-electron chi connectivity index (χ2n) is 5.12. The van der Waals surface area contributed by atoms with E-state index < -0.39 is 0 Å². The monoisotopic (exact) mass is 277 g/mol. The maximum absolute atomic E-state index is 12.5. The molecule has 0 spiro atoms. The third kappa shape index (κ3) is 3.48. The van der Waals surface area contributed by atoms with Gasteiger partial charge in [-0.15, -0.1) is 0 Å². The number of carbonyl (C=O) groups excluding carboxylic acids is 1. The lowest BCUT2D eigenvalue weighted by Gasteiger charge is -2.35. The molecule has 1 fully saturated rings. The van der Waals surface area contributed by atoms with Gasteiger partial charge >= 0.3 is 0 Å². The minimum Gasteiger partial charge on any atom is -0.396 e. The minimum absolute atomic E-state index is 0.0220. The van der Waals surface area contributed by atoms with Crippen molar-refractivity contribution in [3.05, 3.63) is 24.0 Å². The number of aliphatic hydroxyl groups excluding tert-OH is 1. The number of likely N-dealkylation sites (tertiary alicyclic amines) is 1. The Hall–Kier alpha value is -1.62. The number of aliphatic hydroxyl groups is 1. The maximum Gasteiger partial charge on any atom is 0.272 e. The van der Waals surface area contributed by atoms with Crippen LogP contribution in [0.1, 0.15) is 43.1 Å². The van der Waals surface area contributed by atoms with Gasteiger partial charge in [0.15, 0.2) is 0 Å². The predicted molar refractivity (Wildman–Crippen MR) is 78.8 cm³/mol. The Kier molecular flexibility index (Phi) is 5.35. The molecule has 1 amide bonds. The topological polar surface area (TPSA) is 65.5 Å². The average molecular weight is 277 g/mol. The molecule has 1 atom stereocenters. The van der Waals surface area contributed by atoms with Crippen LogP contribution in [0.5, 0.6) is 0 Å². The number of aromatic nitrogens is 1. The highest BCUT2D eigenvalue weighted by atomic mass is 16.3. The van der Waals surface area contributed by atoms with E-state index in [1.165, 1.54) is 0 Å². The molecular weight excluding hydrogens is 254 g/mol. The van der Waals surface area contributed by atoms with Gasteiger partial charge in [-0.1, -0.05) is 0 Å². The first kappa shape index (κ1) is 14.8. The molecule has 5 nitrogen and oxygen atoms in total. The van der Waals surface area contributed by atoms with Gasteiger partial charge in [0.25, 0.3) is 5.91 Å². The fourth-order valence-electron chi connectivity index (χ4n) is 2.69. The zero-order chi connectivity index (χ0) is 14.4. The Balaban J connectivity index is 2.08. The van der Waals surface area contributed by atoms with E-state index in [1.807, 2.05) is 17.9 Å². The molecule has 1 aromatic heterocycles. The third-order valence-electron chi connectivity index (χ3n) is 3.71. The largest absolute Gasteiger partial charge is 0.396 e. The number of carbonyl (C=O) groups is 1. The summed E-state index contributed by atoms with van der Waals surface area (Å²) in [4.78, 5) is 18.6. The molecule has 20 heavy (non-hydrogen) atoms. The molecule has 1 aliphatic rings. The summed E-state index contributed by atoms with van der Waals surface area (Å²) in [6.07, 6.45) is 5.48. The van der Waals surface area contributed by atoms with Crippen LogP contribution in [0.15, 0.2) is 18.3 Å². The predicted octanol–water partition coefficient (Wildman–Crippen LogP) is 1.89. The summed E-state index contributed by atoms with van der Waals surface area (Å²) in [5.41, 5.74) is 1.41. The number of anilines is 1. The lowest BCUT2D eigenvalue weighted by Crippen LogP contribution is -2.44. The number of piperidine rings is 1. The van der Waals surface area contributed by atoms with E-state index in [-0.39, 0.29) is 18.6 Å². The van der Waals surface area contributed by atoms with Crippen LogP contribution in [0, 0.1) is 0 Å². The van der Waals surface area contributed by atoms with Crippen molar-refractivity contribution in [1.82, 2.24) is 9.88 Å². The van der Waals surface area contributed by atoms with Crippen molar-refractivity contribution in [2.24, 2.45) is 0 Å². The Morgan fingerprint density at radius 2 is 2.35 bits per heavy atom. The molecule has 5 heteroatoms. The molecule has 2 rings (SSSR count). The second kappa shape index (κ2) is 7.24. The van der Waals surface area contributed by atoms with Gasteiger partial charge < -0.3 is 15.3 Å². The molecule has 1 aliphatic heterocycles. The summed E-state index contributed by atoms with van der Waals surface area (Å²) in [6.45, 7) is 3.74. The lowest BCUT2D eigenvalue weighted by molar-refractivity contribution is 0.0568. The number of amides is 1. The Bertz CT molecular complexity index is 431. The van der Waals surface area contributed by atoms with Gasteiger partial charge in [-0.05, 0) is 44.7 Å². The summed E-state index contributed by atoms with van der Waals surface area (Å²) in [7, 11) is 0. The highest BCUT2D eigenvalue weighted by molar-refractivity contribution is 5.92. The van der Waals surface area contributed by atoms with Crippen LogP contribution in [-0.2, 0) is 0 Å². The first-order valence-electron chi connectivity index (χ1n) is 7.38. The van der Waals surface area contributed by atoms with E-state index in [0.29, 0.717) is 12.1 Å². The van der Waals surface area contributed by atoms with E-state index in [4.69, 9.17) is 5.11 Å². The number of hydrogen-bond acceptors (Lipinski definition) is 4. The van der Waals surface area contributed by atoms with Crippen LogP contribution in [-0.4, -0.2) is 46.6 Å². The second-order valence-corrected chi connectivity index (χ2v) is 5.12. The van der Waals surface area contributed by atoms with Crippen LogP contribution in [0.3, 0.4) is 0 Å². The summed E-state index contributed by atoms with van der Waals surface area (Å²) >= 11 is 0. The Labute approximate surface area is 120 Å². The van der Waals surface area contributed by atoms with E-state index >= 15 is 0 Å². The summed E-state index contributed by atoms with van der Waals surface area (Å²) in [5, 5.41) is 12.3. The van der Waals surface area contributed by atoms with Gasteiger partial charge in [-0.25, -0.2) is 4.98 Å². The van der Waals surface area contributed by atoms with E-state index in [1.54, 1.807) is 12.3 Å². The molecule has 0 saturated carbocycles. The Morgan fingerprint density at radius 3 is 3.00 bits per heavy atom. The molecule has 2 N–H and O–H groups in total. The molecule has 1 saturated heterocycles. The summed E-state index contributed by atoms with van der Waals surface area (Å²) < 4.78 is 0. The van der Waals surface area contributed by atoms with Crippen molar-refractivity contribution in [3.63, 3.8) is 0 Å². The standard InChI is InChI=1S/C15H23N3O2/c1-2-16-12-6-7-14(17-11-12)15(20)18-9-4-3-5-13(18)8-10-19/h6-7,11,13,16,19H,2-5,8-10H2,1H3. The molecular formula is C15H23N3O2. The van der Waals surface area contributed by atoms with Gasteiger partial charge in [0.1, 0.15) is 5.69 Å². The average Bonchev–Trinajstić information content (AvgIpc) is 2.49. The molecule has 0 aliphatic carbocycles. The molecule has 1 unspecified atom stereocenters. The van der Waals surface area contributed by atoms with Gasteiger partial charge in [-0.3, -0.25) is 4.79 Å². The zero-order valence-corrected chi connectivity index (χ0v) is 12.0. The van der Waals surface area contributed by atoms with Crippen molar-refractivity contribution in [3.8, 4) is 0 Å². The van der Waals surface area contributed by atoms with Crippen LogP contribution in [0.2, 0.25) is 0 Å². The molecule has 1 aromatic rings. The van der Waals surface area contributed by atoms with E-state index in [9.17, 15) is 4.79 Å². The highest BCUT2D eigenvalue weighted by Crippen LogP contribution is 2.21. The SMILES string of the molecule is CCNc1ccc(C(=O)N2CCCCC2CCO)nc1. The van der Waals surface area contributed by atoms with Crippen molar-refractivity contribution in [2.75, 3.05) is 25.0 Å². The molecule has 0 radical (unpaired) electrons. The number of hydrogen-bond donors (Lipinski definition) is 2. The maximum atomic E-state index is 12.5. The first-order valence-corrected chi connectivity index (χ1v) is 7.38. The van der Waals surface area contributed by atoms with Crippen LogP contribution in [0.25, 0.3) is 0 Å². The van der Waals surface area contributed by atoms with Gasteiger partial charge in [0.2, 0.25) is 0 Å². The fraction of sp³-hybridized carbons (Fsp3) is 0.600. The van der Waals surface area contributed by atoms with Crippen LogP contribution in [0.4, 0.5) is 5.69 Å². The van der Waals surface area contributed by atoms with E-state index in [0.717, 1.165) is 38.0 Å². The molecule has 0 bridgehead atoms. The quantitative estimate of drug-likeness (QED) is 0.862. The zero-order valence-electron chi connectivity index (χ0n) is 12.0. The minimum atomic E-state index is -0.0220. The van der Waals surface area contributed by atoms with Crippen LogP contribution >= 0.6 is 0 Å². The fourth-order valence-corrected chi connectivity index (χ4v) is 2.69. The number of nitrogens with one attached hydrogen (secondary N) is 1. The third-order valence-corrected chi connectivity index (χ3v) is 3.71. The molecule has 110 valence electrons. The summed E-state index contributed by atoms with van der Waals surface area (Å²) in [6, 6.07) is 3.80. The van der Waals surface area contributed by atoms with Gasteiger partial charge in [0, 0.05) is 25.7 Å². The molecule has 2 heterocycles. The number of rotatable bonds is 5. The number of pyridine rings is 1. The van der Waals surface area contributed by atoms with E-state index in [2.05, 4.69) is 10.3 Å². The van der Waals surface area contributed by atoms with Gasteiger partial charge in [0.05, 0.1) is 11.9 Å². The normalized spacial score (nSPS) is 18.9. The Morgan fingerprint density at radius 1 is 1.50 bits per heavy atom. The van der Waals surface area contributed by atoms with Crippen molar-refractivity contribution in [2.45, 2.75) is 38.6 Å². The van der Waals surface area contributed by atoms with Crippen molar-refractivity contribution in [1.29, 1.82) is 0 Å². The van der Waals surface area contributed by atoms with Crippen LogP contribution < -0.4 is 5.32 Å². The smallest absolute Gasteiger partial charge is 0.272 e. The van der Waals surface area contributed by atoms with Gasteiger partial charge in [-0.2, -0.15) is 0 Å². The number of nitrogens with zero attached hydrogens (tertiary/aromatic N) is 2. The van der Waals surface area contributed by atoms with Crippen molar-refractivity contribution >= 4 is 11.6 Å². The first-order chi connectivity index (χ1) is 9.76. The van der Waals surface area contributed by atoms with Crippen molar-refractivity contribution < 1.29 is 9.90 Å². The lowest BCUT2D eigenvalue weighted by atomic mass is 9.99.